The van der Waals surface area contributed by atoms with Gasteiger partial charge in [-0.05, 0) is 39.0 Å². The quantitative estimate of drug-likeness (QED) is 0.687. The molecule has 0 atom stereocenters. The summed E-state index contributed by atoms with van der Waals surface area (Å²) in [5.74, 6) is 1.25. The van der Waals surface area contributed by atoms with Crippen LogP contribution in [-0.2, 0) is 6.54 Å². The largest absolute Gasteiger partial charge is 0.477 e. The van der Waals surface area contributed by atoms with Gasteiger partial charge in [-0.2, -0.15) is 5.10 Å². The minimum absolute atomic E-state index is 0.603. The van der Waals surface area contributed by atoms with Crippen molar-refractivity contribution in [3.8, 4) is 5.88 Å². The van der Waals surface area contributed by atoms with E-state index in [-0.39, 0.29) is 0 Å². The molecule has 1 rings (SSSR count). The second-order valence-corrected chi connectivity index (χ2v) is 5.39. The van der Waals surface area contributed by atoms with Crippen LogP contribution in [0.3, 0.4) is 0 Å². The fourth-order valence-electron chi connectivity index (χ4n) is 1.57. The molecule has 5 heteroatoms. The summed E-state index contributed by atoms with van der Waals surface area (Å²) >= 11 is 0. The van der Waals surface area contributed by atoms with Crippen molar-refractivity contribution < 1.29 is 4.74 Å². The van der Waals surface area contributed by atoms with Gasteiger partial charge in [-0.1, -0.05) is 13.8 Å². The maximum absolute atomic E-state index is 5.53. The molecule has 19 heavy (non-hydrogen) atoms. The third-order valence-electron chi connectivity index (χ3n) is 2.55. The first-order valence-corrected chi connectivity index (χ1v) is 6.88. The van der Waals surface area contributed by atoms with Gasteiger partial charge < -0.3 is 15.0 Å². The fraction of sp³-hybridized carbons (Fsp3) is 0.714. The predicted octanol–water partition coefficient (Wildman–Crippen LogP) is 1.55. The Hall–Kier alpha value is -1.20. The van der Waals surface area contributed by atoms with Gasteiger partial charge in [0.25, 0.3) is 0 Å². The van der Waals surface area contributed by atoms with Gasteiger partial charge in [0.15, 0.2) is 0 Å². The molecule has 1 N–H and O–H groups in total. The van der Waals surface area contributed by atoms with E-state index in [1.54, 1.807) is 0 Å². The van der Waals surface area contributed by atoms with Crippen LogP contribution in [0, 0.1) is 5.92 Å². The van der Waals surface area contributed by atoms with E-state index in [2.05, 4.69) is 48.4 Å². The van der Waals surface area contributed by atoms with E-state index in [9.17, 15) is 0 Å². The van der Waals surface area contributed by atoms with Crippen LogP contribution in [0.5, 0.6) is 5.88 Å². The van der Waals surface area contributed by atoms with Gasteiger partial charge in [-0.3, -0.25) is 0 Å². The SMILES string of the molecule is CC(C)CNCc1ccc(OCCCN(C)C)nn1. The average molecular weight is 266 g/mol. The Labute approximate surface area is 116 Å². The highest BCUT2D eigenvalue weighted by Crippen LogP contribution is 2.05. The highest BCUT2D eigenvalue weighted by molar-refractivity contribution is 5.11. The van der Waals surface area contributed by atoms with Crippen LogP contribution in [0.1, 0.15) is 26.0 Å². The van der Waals surface area contributed by atoms with Crippen molar-refractivity contribution in [1.29, 1.82) is 0 Å². The first-order valence-electron chi connectivity index (χ1n) is 6.88. The van der Waals surface area contributed by atoms with Crippen molar-refractivity contribution in [1.82, 2.24) is 20.4 Å². The number of aromatic nitrogens is 2. The predicted molar refractivity (Wildman–Crippen MR) is 77.2 cm³/mol. The van der Waals surface area contributed by atoms with E-state index in [0.717, 1.165) is 31.7 Å². The maximum Gasteiger partial charge on any atom is 0.233 e. The number of nitrogens with one attached hydrogen (secondary N) is 1. The van der Waals surface area contributed by atoms with Crippen LogP contribution in [0.4, 0.5) is 0 Å². The second kappa shape index (κ2) is 8.82. The normalized spacial score (nSPS) is 11.3. The van der Waals surface area contributed by atoms with Crippen molar-refractivity contribution in [2.75, 3.05) is 33.8 Å². The Bertz CT molecular complexity index is 338. The van der Waals surface area contributed by atoms with E-state index in [1.807, 2.05) is 12.1 Å². The minimum atomic E-state index is 0.603. The highest BCUT2D eigenvalue weighted by atomic mass is 16.5. The van der Waals surface area contributed by atoms with Crippen LogP contribution in [0.2, 0.25) is 0 Å². The summed E-state index contributed by atoms with van der Waals surface area (Å²) in [6.07, 6.45) is 0.992. The number of rotatable bonds is 9. The highest BCUT2D eigenvalue weighted by Gasteiger charge is 2.00. The summed E-state index contributed by atoms with van der Waals surface area (Å²) in [4.78, 5) is 2.14. The molecule has 1 aromatic heterocycles. The molecule has 0 amide bonds. The number of hydrogen-bond donors (Lipinski definition) is 1. The van der Waals surface area contributed by atoms with E-state index < -0.39 is 0 Å². The molecule has 0 bridgehead atoms. The number of ether oxygens (including phenoxy) is 1. The van der Waals surface area contributed by atoms with Crippen molar-refractivity contribution in [2.24, 2.45) is 5.92 Å². The lowest BCUT2D eigenvalue weighted by Gasteiger charge is -2.10. The molecule has 0 radical (unpaired) electrons. The van der Waals surface area contributed by atoms with Gasteiger partial charge in [-0.15, -0.1) is 5.10 Å². The molecule has 1 heterocycles. The molecular weight excluding hydrogens is 240 g/mol. The van der Waals surface area contributed by atoms with Crippen molar-refractivity contribution in [2.45, 2.75) is 26.8 Å². The Morgan fingerprint density at radius 3 is 2.63 bits per heavy atom. The summed E-state index contributed by atoms with van der Waals surface area (Å²) in [5, 5.41) is 11.5. The lowest BCUT2D eigenvalue weighted by molar-refractivity contribution is 0.270. The van der Waals surface area contributed by atoms with Crippen LogP contribution in [0.15, 0.2) is 12.1 Å². The Kier molecular flexibility index (Phi) is 7.36. The first-order chi connectivity index (χ1) is 9.08. The van der Waals surface area contributed by atoms with Gasteiger partial charge >= 0.3 is 0 Å². The molecule has 1 aromatic rings. The van der Waals surface area contributed by atoms with Gasteiger partial charge in [0.05, 0.1) is 12.3 Å². The van der Waals surface area contributed by atoms with Crippen molar-refractivity contribution in [3.05, 3.63) is 17.8 Å². The summed E-state index contributed by atoms with van der Waals surface area (Å²) in [6.45, 7) is 7.81. The number of hydrogen-bond acceptors (Lipinski definition) is 5. The lowest BCUT2D eigenvalue weighted by atomic mass is 10.2. The topological polar surface area (TPSA) is 50.3 Å². The monoisotopic (exact) mass is 266 g/mol. The molecule has 0 saturated carbocycles. The molecule has 0 unspecified atom stereocenters. The molecule has 5 nitrogen and oxygen atoms in total. The average Bonchev–Trinajstić information content (AvgIpc) is 2.36. The standard InChI is InChI=1S/C14H26N4O/c1-12(2)10-15-11-13-6-7-14(17-16-13)19-9-5-8-18(3)4/h6-7,12,15H,5,8-11H2,1-4H3. The van der Waals surface area contributed by atoms with Crippen molar-refractivity contribution in [3.63, 3.8) is 0 Å². The van der Waals surface area contributed by atoms with Gasteiger partial charge in [0, 0.05) is 19.2 Å². The molecule has 108 valence electrons. The third kappa shape index (κ3) is 7.74. The van der Waals surface area contributed by atoms with Crippen molar-refractivity contribution >= 4 is 0 Å². The molecule has 0 aliphatic rings. The Morgan fingerprint density at radius 2 is 2.05 bits per heavy atom. The first kappa shape index (κ1) is 15.9. The lowest BCUT2D eigenvalue weighted by Crippen LogP contribution is -2.20. The molecule has 0 aromatic carbocycles. The zero-order valence-electron chi connectivity index (χ0n) is 12.5. The number of nitrogens with zero attached hydrogens (tertiary/aromatic N) is 3. The van der Waals surface area contributed by atoms with Crippen LogP contribution >= 0.6 is 0 Å². The Balaban J connectivity index is 2.23. The molecule has 0 aliphatic heterocycles. The zero-order valence-corrected chi connectivity index (χ0v) is 12.5. The summed E-state index contributed by atoms with van der Waals surface area (Å²) in [6, 6.07) is 3.84. The van der Waals surface area contributed by atoms with Gasteiger partial charge in [0.2, 0.25) is 5.88 Å². The summed E-state index contributed by atoms with van der Waals surface area (Å²) < 4.78 is 5.53. The summed E-state index contributed by atoms with van der Waals surface area (Å²) in [7, 11) is 4.11. The van der Waals surface area contributed by atoms with Gasteiger partial charge in [0.1, 0.15) is 0 Å². The maximum atomic E-state index is 5.53. The van der Waals surface area contributed by atoms with Crippen LogP contribution in [0.25, 0.3) is 0 Å². The minimum Gasteiger partial charge on any atom is -0.477 e. The zero-order chi connectivity index (χ0) is 14.1. The smallest absolute Gasteiger partial charge is 0.233 e. The Morgan fingerprint density at radius 1 is 1.26 bits per heavy atom. The van der Waals surface area contributed by atoms with E-state index in [1.165, 1.54) is 0 Å². The molecule has 0 aliphatic carbocycles. The summed E-state index contributed by atoms with van der Waals surface area (Å²) in [5.41, 5.74) is 0.946. The molecular formula is C14H26N4O. The molecule has 0 saturated heterocycles. The fourth-order valence-corrected chi connectivity index (χ4v) is 1.57. The van der Waals surface area contributed by atoms with E-state index in [4.69, 9.17) is 4.74 Å². The van der Waals surface area contributed by atoms with Crippen LogP contribution < -0.4 is 10.1 Å². The van der Waals surface area contributed by atoms with E-state index >= 15 is 0 Å². The second-order valence-electron chi connectivity index (χ2n) is 5.39. The molecule has 0 spiro atoms. The van der Waals surface area contributed by atoms with E-state index in [0.29, 0.717) is 18.4 Å². The van der Waals surface area contributed by atoms with Gasteiger partial charge in [-0.25, -0.2) is 0 Å². The van der Waals surface area contributed by atoms with Crippen LogP contribution in [-0.4, -0.2) is 48.9 Å². The third-order valence-corrected chi connectivity index (χ3v) is 2.55. The molecule has 0 fully saturated rings.